The molecule has 0 aliphatic carbocycles. The van der Waals surface area contributed by atoms with Crippen molar-refractivity contribution in [2.75, 3.05) is 31.3 Å². The molecule has 1 aliphatic heterocycles. The molecule has 146 valence electrons. The zero-order valence-electron chi connectivity index (χ0n) is 14.9. The summed E-state index contributed by atoms with van der Waals surface area (Å²) in [5.74, 6) is -0.337. The van der Waals surface area contributed by atoms with E-state index < -0.39 is 15.8 Å². The van der Waals surface area contributed by atoms with Gasteiger partial charge in [-0.15, -0.1) is 12.4 Å². The van der Waals surface area contributed by atoms with Crippen LogP contribution in [0.4, 0.5) is 5.69 Å². The third-order valence-electron chi connectivity index (χ3n) is 4.07. The average Bonchev–Trinajstić information content (AvgIpc) is 3.05. The van der Waals surface area contributed by atoms with Crippen molar-refractivity contribution in [2.24, 2.45) is 5.92 Å². The van der Waals surface area contributed by atoms with Gasteiger partial charge in [-0.25, -0.2) is 13.2 Å². The fraction of sp³-hybridized carbons (Fsp3) is 0.529. The molecule has 0 bridgehead atoms. The van der Waals surface area contributed by atoms with E-state index in [0.717, 1.165) is 32.2 Å². The maximum absolute atomic E-state index is 12.1. The minimum Gasteiger partial charge on any atom is -0.462 e. The van der Waals surface area contributed by atoms with Gasteiger partial charge in [0.1, 0.15) is 0 Å². The molecule has 9 heteroatoms. The Bertz CT molecular complexity index is 746. The van der Waals surface area contributed by atoms with Gasteiger partial charge in [-0.3, -0.25) is 4.79 Å². The molecule has 1 aromatic carbocycles. The van der Waals surface area contributed by atoms with Crippen molar-refractivity contribution in [1.29, 1.82) is 0 Å². The standard InChI is InChI=1S/C17H24N2O5S.ClH/c1-3-24-17(21)13-8-14(10-15(9-13)25(2,22)23)19-16(20)5-4-12-6-7-18-11-12;/h8-10,12,18H,3-7,11H2,1-2H3,(H,19,20);1H. The number of hydrogen-bond donors (Lipinski definition) is 2. The van der Waals surface area contributed by atoms with E-state index in [2.05, 4.69) is 10.6 Å². The fourth-order valence-electron chi connectivity index (χ4n) is 2.74. The van der Waals surface area contributed by atoms with Crippen molar-refractivity contribution in [3.63, 3.8) is 0 Å². The van der Waals surface area contributed by atoms with Crippen LogP contribution in [0.25, 0.3) is 0 Å². The van der Waals surface area contributed by atoms with Crippen LogP contribution in [0.1, 0.15) is 36.5 Å². The molecule has 7 nitrogen and oxygen atoms in total. The highest BCUT2D eigenvalue weighted by atomic mass is 35.5. The van der Waals surface area contributed by atoms with Crippen LogP contribution in [0.2, 0.25) is 0 Å². The molecular formula is C17H25ClN2O5S. The van der Waals surface area contributed by atoms with E-state index in [9.17, 15) is 18.0 Å². The van der Waals surface area contributed by atoms with Crippen LogP contribution in [-0.2, 0) is 19.4 Å². The van der Waals surface area contributed by atoms with Crippen molar-refractivity contribution < 1.29 is 22.7 Å². The number of sulfone groups is 1. The highest BCUT2D eigenvalue weighted by Gasteiger charge is 2.18. The van der Waals surface area contributed by atoms with Crippen LogP contribution < -0.4 is 10.6 Å². The van der Waals surface area contributed by atoms with Crippen molar-refractivity contribution in [3.8, 4) is 0 Å². The van der Waals surface area contributed by atoms with Gasteiger partial charge >= 0.3 is 5.97 Å². The Kier molecular flexibility index (Phi) is 8.52. The smallest absolute Gasteiger partial charge is 0.338 e. The number of anilines is 1. The number of amides is 1. The van der Waals surface area contributed by atoms with Gasteiger partial charge in [0.25, 0.3) is 0 Å². The van der Waals surface area contributed by atoms with E-state index in [0.29, 0.717) is 12.3 Å². The summed E-state index contributed by atoms with van der Waals surface area (Å²) in [5, 5.41) is 5.94. The number of nitrogens with one attached hydrogen (secondary N) is 2. The van der Waals surface area contributed by atoms with Gasteiger partial charge < -0.3 is 15.4 Å². The van der Waals surface area contributed by atoms with Crippen molar-refractivity contribution in [3.05, 3.63) is 23.8 Å². The monoisotopic (exact) mass is 404 g/mol. The Labute approximate surface area is 160 Å². The molecule has 1 fully saturated rings. The summed E-state index contributed by atoms with van der Waals surface area (Å²) < 4.78 is 28.6. The Morgan fingerprint density at radius 2 is 2.04 bits per heavy atom. The van der Waals surface area contributed by atoms with Crippen molar-refractivity contribution in [1.82, 2.24) is 5.32 Å². The van der Waals surface area contributed by atoms with Crippen molar-refractivity contribution >= 4 is 39.8 Å². The predicted octanol–water partition coefficient (Wildman–Crippen LogP) is 2.02. The van der Waals surface area contributed by atoms with E-state index in [1.165, 1.54) is 18.2 Å². The molecule has 1 atom stereocenters. The van der Waals surface area contributed by atoms with Gasteiger partial charge in [0, 0.05) is 18.4 Å². The lowest BCUT2D eigenvalue weighted by Gasteiger charge is -2.11. The number of ether oxygens (including phenoxy) is 1. The number of rotatable bonds is 7. The number of benzene rings is 1. The lowest BCUT2D eigenvalue weighted by Crippen LogP contribution is -2.16. The first-order valence-electron chi connectivity index (χ1n) is 8.32. The van der Waals surface area contributed by atoms with Crippen LogP contribution >= 0.6 is 12.4 Å². The van der Waals surface area contributed by atoms with E-state index in [4.69, 9.17) is 4.74 Å². The van der Waals surface area contributed by atoms with E-state index in [-0.39, 0.29) is 41.1 Å². The van der Waals surface area contributed by atoms with Crippen LogP contribution in [0.5, 0.6) is 0 Å². The number of hydrogen-bond acceptors (Lipinski definition) is 6. The first kappa shape index (κ1) is 22.4. The van der Waals surface area contributed by atoms with Gasteiger partial charge in [-0.2, -0.15) is 0 Å². The van der Waals surface area contributed by atoms with Crippen LogP contribution in [0.3, 0.4) is 0 Å². The summed E-state index contributed by atoms with van der Waals surface area (Å²) in [6.45, 7) is 3.74. The first-order chi connectivity index (χ1) is 11.8. The van der Waals surface area contributed by atoms with Crippen molar-refractivity contribution in [2.45, 2.75) is 31.1 Å². The molecule has 1 heterocycles. The number of halogens is 1. The van der Waals surface area contributed by atoms with Gasteiger partial charge in [0.2, 0.25) is 5.91 Å². The highest BCUT2D eigenvalue weighted by Crippen LogP contribution is 2.21. The summed E-state index contributed by atoms with van der Waals surface area (Å²) in [4.78, 5) is 24.0. The SMILES string of the molecule is CCOC(=O)c1cc(NC(=O)CCC2CCNC2)cc(S(C)(=O)=O)c1.Cl. The van der Waals surface area contributed by atoms with E-state index in [1.807, 2.05) is 0 Å². The van der Waals surface area contributed by atoms with Gasteiger partial charge in [0.05, 0.1) is 17.1 Å². The molecule has 26 heavy (non-hydrogen) atoms. The average molecular weight is 405 g/mol. The van der Waals surface area contributed by atoms with E-state index >= 15 is 0 Å². The maximum Gasteiger partial charge on any atom is 0.338 e. The minimum absolute atomic E-state index is 0. The molecule has 1 aromatic rings. The Balaban J connectivity index is 0.00000338. The Morgan fingerprint density at radius 1 is 1.31 bits per heavy atom. The Hall–Kier alpha value is -1.64. The fourth-order valence-corrected chi connectivity index (χ4v) is 3.42. The van der Waals surface area contributed by atoms with Crippen LogP contribution in [0.15, 0.2) is 23.1 Å². The highest BCUT2D eigenvalue weighted by molar-refractivity contribution is 7.90. The predicted molar refractivity (Wildman–Crippen MR) is 102 cm³/mol. The second-order valence-corrected chi connectivity index (χ2v) is 8.20. The molecule has 0 saturated carbocycles. The lowest BCUT2D eigenvalue weighted by atomic mass is 10.0. The second kappa shape index (κ2) is 9.89. The molecule has 2 N–H and O–H groups in total. The zero-order valence-corrected chi connectivity index (χ0v) is 16.5. The molecule has 0 radical (unpaired) electrons. The number of esters is 1. The van der Waals surface area contributed by atoms with Gasteiger partial charge in [-0.1, -0.05) is 0 Å². The molecule has 1 aliphatic rings. The topological polar surface area (TPSA) is 102 Å². The summed E-state index contributed by atoms with van der Waals surface area (Å²) in [6.07, 6.45) is 3.24. The normalized spacial score (nSPS) is 16.6. The third kappa shape index (κ3) is 6.59. The van der Waals surface area contributed by atoms with Crippen LogP contribution in [0, 0.1) is 5.92 Å². The van der Waals surface area contributed by atoms with Gasteiger partial charge in [0.15, 0.2) is 9.84 Å². The summed E-state index contributed by atoms with van der Waals surface area (Å²) in [7, 11) is -3.52. The minimum atomic E-state index is -3.52. The van der Waals surface area contributed by atoms with Crippen LogP contribution in [-0.4, -0.2) is 46.2 Å². The van der Waals surface area contributed by atoms with Gasteiger partial charge in [-0.05, 0) is 57.0 Å². The van der Waals surface area contributed by atoms with E-state index in [1.54, 1.807) is 6.92 Å². The molecule has 1 unspecified atom stereocenters. The number of carbonyl (C=O) groups is 2. The molecule has 1 amide bonds. The second-order valence-electron chi connectivity index (χ2n) is 6.18. The first-order valence-corrected chi connectivity index (χ1v) is 10.2. The zero-order chi connectivity index (χ0) is 18.4. The summed E-state index contributed by atoms with van der Waals surface area (Å²) in [5.41, 5.74) is 0.376. The molecule has 2 rings (SSSR count). The molecule has 1 saturated heterocycles. The summed E-state index contributed by atoms with van der Waals surface area (Å²) in [6, 6.07) is 4.04. The third-order valence-corrected chi connectivity index (χ3v) is 5.16. The Morgan fingerprint density at radius 3 is 2.62 bits per heavy atom. The quantitative estimate of drug-likeness (QED) is 0.674. The number of carbonyl (C=O) groups excluding carboxylic acids is 2. The molecule has 0 spiro atoms. The molecule has 0 aromatic heterocycles. The largest absolute Gasteiger partial charge is 0.462 e. The lowest BCUT2D eigenvalue weighted by molar-refractivity contribution is -0.116. The molecular weight excluding hydrogens is 380 g/mol. The maximum atomic E-state index is 12.1. The summed E-state index contributed by atoms with van der Waals surface area (Å²) >= 11 is 0.